The summed E-state index contributed by atoms with van der Waals surface area (Å²) in [4.78, 5) is 15.7. The van der Waals surface area contributed by atoms with Crippen molar-refractivity contribution in [1.82, 2.24) is 15.2 Å². The molecule has 2 heterocycles. The largest absolute Gasteiger partial charge is 0.462 e. The number of ether oxygens (including phenoxy) is 1. The predicted molar refractivity (Wildman–Crippen MR) is 74.7 cm³/mol. The maximum atomic E-state index is 11.8. The molecule has 0 aromatic carbocycles. The van der Waals surface area contributed by atoms with Gasteiger partial charge in [0.05, 0.1) is 12.8 Å². The van der Waals surface area contributed by atoms with Crippen LogP contribution >= 0.6 is 0 Å². The van der Waals surface area contributed by atoms with Gasteiger partial charge in [-0.2, -0.15) is 10.2 Å². The smallest absolute Gasteiger partial charge is 0.343 e. The van der Waals surface area contributed by atoms with Crippen LogP contribution in [-0.2, 0) is 4.74 Å². The Balaban J connectivity index is 2.10. The van der Waals surface area contributed by atoms with Crippen LogP contribution in [0.3, 0.4) is 0 Å². The molecule has 2 rings (SSSR count). The molecule has 2 aromatic heterocycles. The number of nitrogens with one attached hydrogen (secondary N) is 2. The number of aromatic nitrogens is 3. The highest BCUT2D eigenvalue weighted by atomic mass is 16.5. The SMILES string of the molecule is CCOC(=O)c1c(NN=Cc2ccncc2)n[nH]c1C. The third kappa shape index (κ3) is 3.19. The lowest BCUT2D eigenvalue weighted by Gasteiger charge is -2.02. The summed E-state index contributed by atoms with van der Waals surface area (Å²) in [5.74, 6) is -0.0911. The second-order valence-corrected chi connectivity index (χ2v) is 3.94. The van der Waals surface area contributed by atoms with Gasteiger partial charge < -0.3 is 4.74 Å². The number of aryl methyl sites for hydroxylation is 1. The molecule has 7 nitrogen and oxygen atoms in total. The van der Waals surface area contributed by atoms with Crippen molar-refractivity contribution >= 4 is 18.0 Å². The van der Waals surface area contributed by atoms with E-state index in [9.17, 15) is 4.79 Å². The molecule has 2 aromatic rings. The molecule has 0 amide bonds. The molecule has 0 saturated heterocycles. The summed E-state index contributed by atoms with van der Waals surface area (Å²) in [5, 5.41) is 10.8. The number of hydrogen-bond acceptors (Lipinski definition) is 6. The fourth-order valence-corrected chi connectivity index (χ4v) is 1.58. The van der Waals surface area contributed by atoms with Gasteiger partial charge in [0.2, 0.25) is 0 Å². The number of H-pyrrole nitrogens is 1. The number of aromatic amines is 1. The summed E-state index contributed by atoms with van der Waals surface area (Å²) in [6.45, 7) is 3.81. The van der Waals surface area contributed by atoms with Gasteiger partial charge in [0.25, 0.3) is 0 Å². The number of esters is 1. The van der Waals surface area contributed by atoms with Crippen molar-refractivity contribution in [2.24, 2.45) is 5.10 Å². The van der Waals surface area contributed by atoms with Crippen LogP contribution in [0, 0.1) is 6.92 Å². The van der Waals surface area contributed by atoms with Crippen LogP contribution in [0.25, 0.3) is 0 Å². The summed E-state index contributed by atoms with van der Waals surface area (Å²) >= 11 is 0. The minimum Gasteiger partial charge on any atom is -0.462 e. The summed E-state index contributed by atoms with van der Waals surface area (Å²) in [6, 6.07) is 3.63. The molecule has 2 N–H and O–H groups in total. The molecule has 20 heavy (non-hydrogen) atoms. The summed E-state index contributed by atoms with van der Waals surface area (Å²) < 4.78 is 4.97. The van der Waals surface area contributed by atoms with Crippen LogP contribution in [0.4, 0.5) is 5.82 Å². The van der Waals surface area contributed by atoms with Gasteiger partial charge in [-0.3, -0.25) is 15.5 Å². The fraction of sp³-hybridized carbons (Fsp3) is 0.231. The molecule has 0 aliphatic carbocycles. The van der Waals surface area contributed by atoms with Crippen LogP contribution in [-0.4, -0.2) is 34.0 Å². The van der Waals surface area contributed by atoms with E-state index in [-0.39, 0.29) is 0 Å². The van der Waals surface area contributed by atoms with E-state index in [2.05, 4.69) is 25.7 Å². The molecule has 0 fully saturated rings. The summed E-state index contributed by atoms with van der Waals surface area (Å²) in [6.07, 6.45) is 4.95. The van der Waals surface area contributed by atoms with Gasteiger partial charge in [0.1, 0.15) is 5.56 Å². The normalized spacial score (nSPS) is 10.7. The molecule has 104 valence electrons. The number of hydrazone groups is 1. The van der Waals surface area contributed by atoms with E-state index in [1.165, 1.54) is 0 Å². The van der Waals surface area contributed by atoms with Crippen LogP contribution in [0.5, 0.6) is 0 Å². The lowest BCUT2D eigenvalue weighted by atomic mass is 10.2. The minimum absolute atomic E-state index is 0.309. The van der Waals surface area contributed by atoms with E-state index in [1.54, 1.807) is 32.5 Å². The molecule has 0 unspecified atom stereocenters. The van der Waals surface area contributed by atoms with Crippen molar-refractivity contribution in [3.8, 4) is 0 Å². The monoisotopic (exact) mass is 273 g/mol. The van der Waals surface area contributed by atoms with Gasteiger partial charge in [0.15, 0.2) is 5.82 Å². The Kier molecular flexibility index (Phi) is 4.43. The Labute approximate surface area is 116 Å². The highest BCUT2D eigenvalue weighted by Crippen LogP contribution is 2.17. The average molecular weight is 273 g/mol. The van der Waals surface area contributed by atoms with Crippen molar-refractivity contribution in [1.29, 1.82) is 0 Å². The molecule has 0 saturated carbocycles. The standard InChI is InChI=1S/C13H15N5O2/c1-3-20-13(19)11-9(2)16-18-12(11)17-15-8-10-4-6-14-7-5-10/h4-8H,3H2,1-2H3,(H2,16,17,18). The zero-order valence-electron chi connectivity index (χ0n) is 11.3. The first-order chi connectivity index (χ1) is 9.72. The van der Waals surface area contributed by atoms with E-state index in [1.807, 2.05) is 12.1 Å². The maximum absolute atomic E-state index is 11.8. The summed E-state index contributed by atoms with van der Waals surface area (Å²) in [5.41, 5.74) is 4.60. The van der Waals surface area contributed by atoms with Crippen LogP contribution in [0.2, 0.25) is 0 Å². The Morgan fingerprint density at radius 2 is 2.25 bits per heavy atom. The second-order valence-electron chi connectivity index (χ2n) is 3.94. The van der Waals surface area contributed by atoms with E-state index in [4.69, 9.17) is 4.74 Å². The van der Waals surface area contributed by atoms with E-state index in [0.29, 0.717) is 23.7 Å². The first kappa shape index (κ1) is 13.7. The number of carbonyl (C=O) groups is 1. The van der Waals surface area contributed by atoms with Crippen molar-refractivity contribution in [2.75, 3.05) is 12.0 Å². The van der Waals surface area contributed by atoms with Crippen LogP contribution in [0.1, 0.15) is 28.5 Å². The number of hydrogen-bond donors (Lipinski definition) is 2. The van der Waals surface area contributed by atoms with Crippen molar-refractivity contribution < 1.29 is 9.53 Å². The molecule has 0 spiro atoms. The third-order valence-electron chi connectivity index (χ3n) is 2.52. The van der Waals surface area contributed by atoms with Gasteiger partial charge in [-0.15, -0.1) is 0 Å². The van der Waals surface area contributed by atoms with E-state index >= 15 is 0 Å². The first-order valence-corrected chi connectivity index (χ1v) is 6.13. The Bertz CT molecular complexity index is 606. The third-order valence-corrected chi connectivity index (χ3v) is 2.52. The van der Waals surface area contributed by atoms with E-state index < -0.39 is 5.97 Å². The molecule has 0 atom stereocenters. The average Bonchev–Trinajstić information content (AvgIpc) is 2.81. The van der Waals surface area contributed by atoms with Crippen molar-refractivity contribution in [3.05, 3.63) is 41.3 Å². The molecular formula is C13H15N5O2. The molecule has 0 aliphatic heterocycles. The zero-order valence-corrected chi connectivity index (χ0v) is 11.3. The zero-order chi connectivity index (χ0) is 14.4. The first-order valence-electron chi connectivity index (χ1n) is 6.13. The van der Waals surface area contributed by atoms with Crippen molar-refractivity contribution in [3.63, 3.8) is 0 Å². The second kappa shape index (κ2) is 6.46. The van der Waals surface area contributed by atoms with Gasteiger partial charge in [-0.25, -0.2) is 4.79 Å². The maximum Gasteiger partial charge on any atom is 0.343 e. The van der Waals surface area contributed by atoms with Crippen molar-refractivity contribution in [2.45, 2.75) is 13.8 Å². The van der Waals surface area contributed by atoms with Gasteiger partial charge in [-0.05, 0) is 31.5 Å². The Morgan fingerprint density at radius 3 is 2.95 bits per heavy atom. The number of nitrogens with zero attached hydrogens (tertiary/aromatic N) is 3. The lowest BCUT2D eigenvalue weighted by molar-refractivity contribution is 0.0526. The highest BCUT2D eigenvalue weighted by Gasteiger charge is 2.18. The number of carbonyl (C=O) groups excluding carboxylic acids is 1. The Hall–Kier alpha value is -2.70. The number of pyridine rings is 1. The van der Waals surface area contributed by atoms with Gasteiger partial charge in [-0.1, -0.05) is 0 Å². The van der Waals surface area contributed by atoms with Crippen LogP contribution in [0.15, 0.2) is 29.6 Å². The highest BCUT2D eigenvalue weighted by molar-refractivity contribution is 5.96. The quantitative estimate of drug-likeness (QED) is 0.491. The van der Waals surface area contributed by atoms with E-state index in [0.717, 1.165) is 5.56 Å². The molecular weight excluding hydrogens is 258 g/mol. The topological polar surface area (TPSA) is 92.3 Å². The molecule has 7 heteroatoms. The Morgan fingerprint density at radius 1 is 1.50 bits per heavy atom. The fourth-order valence-electron chi connectivity index (χ4n) is 1.58. The molecule has 0 bridgehead atoms. The lowest BCUT2D eigenvalue weighted by Crippen LogP contribution is -2.08. The van der Waals surface area contributed by atoms with Gasteiger partial charge in [0, 0.05) is 18.1 Å². The molecule has 0 aliphatic rings. The van der Waals surface area contributed by atoms with Crippen LogP contribution < -0.4 is 5.43 Å². The number of rotatable bonds is 5. The number of anilines is 1. The predicted octanol–water partition coefficient (Wildman–Crippen LogP) is 1.74. The van der Waals surface area contributed by atoms with Gasteiger partial charge >= 0.3 is 5.97 Å². The molecule has 0 radical (unpaired) electrons. The minimum atomic E-state index is -0.430. The summed E-state index contributed by atoms with van der Waals surface area (Å²) in [7, 11) is 0.